The van der Waals surface area contributed by atoms with Crippen molar-refractivity contribution in [2.45, 2.75) is 5.41 Å². The maximum atomic E-state index is 6.22. The molecule has 3 aromatic rings. The van der Waals surface area contributed by atoms with E-state index in [1.54, 1.807) is 12.4 Å². The van der Waals surface area contributed by atoms with E-state index in [9.17, 15) is 0 Å². The Kier molecular flexibility index (Phi) is 3.75. The third-order valence-electron chi connectivity index (χ3n) is 3.78. The molecule has 0 saturated carbocycles. The first-order chi connectivity index (χ1) is 10.4. The summed E-state index contributed by atoms with van der Waals surface area (Å²) in [6.45, 7) is 0.408. The van der Waals surface area contributed by atoms with Gasteiger partial charge in [-0.2, -0.15) is 0 Å². The summed E-state index contributed by atoms with van der Waals surface area (Å²) < 4.78 is 0. The lowest BCUT2D eigenvalue weighted by atomic mass is 9.74. The Labute approximate surface area is 124 Å². The zero-order valence-electron chi connectivity index (χ0n) is 11.7. The summed E-state index contributed by atoms with van der Waals surface area (Å²) in [5.41, 5.74) is 8.63. The average molecular weight is 275 g/mol. The molecule has 0 aliphatic heterocycles. The van der Waals surface area contributed by atoms with Gasteiger partial charge in [-0.1, -0.05) is 42.5 Å². The molecule has 104 valence electrons. The van der Waals surface area contributed by atoms with Crippen molar-refractivity contribution in [1.82, 2.24) is 9.97 Å². The number of benzene rings is 1. The van der Waals surface area contributed by atoms with Crippen LogP contribution in [0.15, 0.2) is 79.1 Å². The molecule has 0 aliphatic rings. The molecule has 0 saturated heterocycles. The van der Waals surface area contributed by atoms with Crippen LogP contribution in [-0.4, -0.2) is 16.5 Å². The quantitative estimate of drug-likeness (QED) is 0.796. The predicted octanol–water partition coefficient (Wildman–Crippen LogP) is 2.77. The van der Waals surface area contributed by atoms with Crippen molar-refractivity contribution >= 4 is 0 Å². The molecule has 3 heteroatoms. The summed E-state index contributed by atoms with van der Waals surface area (Å²) in [5, 5.41) is 0. The Morgan fingerprint density at radius 3 is 1.67 bits per heavy atom. The van der Waals surface area contributed by atoms with E-state index in [0.717, 1.165) is 17.0 Å². The van der Waals surface area contributed by atoms with Crippen molar-refractivity contribution in [3.63, 3.8) is 0 Å². The van der Waals surface area contributed by atoms with Crippen LogP contribution in [0.4, 0.5) is 0 Å². The fourth-order valence-corrected chi connectivity index (χ4v) is 2.71. The standard InChI is InChI=1S/C18H17N3/c19-14-18(15-8-2-1-3-9-15,16-10-4-6-12-20-16)17-11-5-7-13-21-17/h1-13H,14,19H2. The highest BCUT2D eigenvalue weighted by Crippen LogP contribution is 2.35. The molecule has 0 spiro atoms. The third kappa shape index (κ3) is 2.32. The van der Waals surface area contributed by atoms with Crippen LogP contribution in [0.2, 0.25) is 0 Å². The van der Waals surface area contributed by atoms with E-state index in [4.69, 9.17) is 5.73 Å². The van der Waals surface area contributed by atoms with Gasteiger partial charge in [0, 0.05) is 18.9 Å². The van der Waals surface area contributed by atoms with Crippen LogP contribution in [-0.2, 0) is 5.41 Å². The Morgan fingerprint density at radius 1 is 0.714 bits per heavy atom. The number of hydrogen-bond donors (Lipinski definition) is 1. The molecule has 0 aliphatic carbocycles. The normalized spacial score (nSPS) is 11.3. The van der Waals surface area contributed by atoms with Gasteiger partial charge in [0.25, 0.3) is 0 Å². The Hall–Kier alpha value is -2.52. The largest absolute Gasteiger partial charge is 0.329 e. The lowest BCUT2D eigenvalue weighted by Crippen LogP contribution is -2.39. The molecule has 0 radical (unpaired) electrons. The number of nitrogens with two attached hydrogens (primary N) is 1. The molecular weight excluding hydrogens is 258 g/mol. The summed E-state index contributed by atoms with van der Waals surface area (Å²) in [5.74, 6) is 0. The van der Waals surface area contributed by atoms with Crippen molar-refractivity contribution in [2.24, 2.45) is 5.73 Å². The maximum Gasteiger partial charge on any atom is 0.0917 e. The van der Waals surface area contributed by atoms with Gasteiger partial charge >= 0.3 is 0 Å². The van der Waals surface area contributed by atoms with Crippen molar-refractivity contribution in [1.29, 1.82) is 0 Å². The molecule has 21 heavy (non-hydrogen) atoms. The topological polar surface area (TPSA) is 51.8 Å². The summed E-state index contributed by atoms with van der Waals surface area (Å²) in [4.78, 5) is 9.11. The van der Waals surface area contributed by atoms with Gasteiger partial charge in [0.05, 0.1) is 16.8 Å². The van der Waals surface area contributed by atoms with Crippen LogP contribution in [0.5, 0.6) is 0 Å². The first kappa shape index (κ1) is 13.5. The van der Waals surface area contributed by atoms with Gasteiger partial charge < -0.3 is 5.73 Å². The molecular formula is C18H17N3. The molecule has 3 rings (SSSR count). The first-order valence-corrected chi connectivity index (χ1v) is 6.96. The number of hydrogen-bond acceptors (Lipinski definition) is 3. The van der Waals surface area contributed by atoms with Gasteiger partial charge in [-0.15, -0.1) is 0 Å². The second kappa shape index (κ2) is 5.85. The smallest absolute Gasteiger partial charge is 0.0917 e. The predicted molar refractivity (Wildman–Crippen MR) is 83.9 cm³/mol. The fraction of sp³-hybridized carbons (Fsp3) is 0.111. The maximum absolute atomic E-state index is 6.22. The van der Waals surface area contributed by atoms with Gasteiger partial charge in [-0.05, 0) is 29.8 Å². The highest BCUT2D eigenvalue weighted by atomic mass is 14.8. The molecule has 3 nitrogen and oxygen atoms in total. The Bertz CT molecular complexity index is 585. The SMILES string of the molecule is NCC(c1ccccc1)(c1ccccn1)c1ccccn1. The number of nitrogens with zero attached hydrogens (tertiary/aromatic N) is 2. The van der Waals surface area contributed by atoms with Crippen LogP contribution in [0, 0.1) is 0 Å². The lowest BCUT2D eigenvalue weighted by molar-refractivity contribution is 0.589. The molecule has 0 fully saturated rings. The first-order valence-electron chi connectivity index (χ1n) is 6.96. The Balaban J connectivity index is 2.29. The molecule has 2 N–H and O–H groups in total. The molecule has 2 aromatic heterocycles. The molecule has 2 heterocycles. The van der Waals surface area contributed by atoms with Crippen molar-refractivity contribution in [2.75, 3.05) is 6.54 Å². The van der Waals surface area contributed by atoms with Crippen LogP contribution < -0.4 is 5.73 Å². The summed E-state index contributed by atoms with van der Waals surface area (Å²) in [7, 11) is 0. The van der Waals surface area contributed by atoms with E-state index in [0.29, 0.717) is 6.54 Å². The third-order valence-corrected chi connectivity index (χ3v) is 3.78. The van der Waals surface area contributed by atoms with Gasteiger partial charge in [-0.25, -0.2) is 0 Å². The highest BCUT2D eigenvalue weighted by molar-refractivity contribution is 5.45. The molecule has 0 atom stereocenters. The second-order valence-electron chi connectivity index (χ2n) is 4.91. The van der Waals surface area contributed by atoms with E-state index in [2.05, 4.69) is 22.1 Å². The zero-order valence-corrected chi connectivity index (χ0v) is 11.7. The van der Waals surface area contributed by atoms with E-state index in [-0.39, 0.29) is 0 Å². The van der Waals surface area contributed by atoms with E-state index >= 15 is 0 Å². The molecule has 1 aromatic carbocycles. The minimum atomic E-state index is -0.524. The van der Waals surface area contributed by atoms with Gasteiger partial charge in [0.2, 0.25) is 0 Å². The number of pyridine rings is 2. The molecule has 0 bridgehead atoms. The van der Waals surface area contributed by atoms with Gasteiger partial charge in [-0.3, -0.25) is 9.97 Å². The fourth-order valence-electron chi connectivity index (χ4n) is 2.71. The van der Waals surface area contributed by atoms with Crippen molar-refractivity contribution in [3.05, 3.63) is 96.1 Å². The van der Waals surface area contributed by atoms with E-state index in [1.165, 1.54) is 0 Å². The van der Waals surface area contributed by atoms with Crippen molar-refractivity contribution in [3.8, 4) is 0 Å². The van der Waals surface area contributed by atoms with E-state index in [1.807, 2.05) is 54.6 Å². The second-order valence-corrected chi connectivity index (χ2v) is 4.91. The lowest BCUT2D eigenvalue weighted by Gasteiger charge is -2.32. The molecule has 0 amide bonds. The Morgan fingerprint density at radius 2 is 1.24 bits per heavy atom. The zero-order chi connectivity index (χ0) is 14.5. The van der Waals surface area contributed by atoms with Crippen LogP contribution >= 0.6 is 0 Å². The molecule has 0 unspecified atom stereocenters. The van der Waals surface area contributed by atoms with Crippen LogP contribution in [0.3, 0.4) is 0 Å². The summed E-state index contributed by atoms with van der Waals surface area (Å²) in [6.07, 6.45) is 3.59. The summed E-state index contributed by atoms with van der Waals surface area (Å²) in [6, 6.07) is 22.0. The number of aromatic nitrogens is 2. The number of rotatable bonds is 4. The average Bonchev–Trinajstić information content (AvgIpc) is 2.59. The van der Waals surface area contributed by atoms with Crippen molar-refractivity contribution < 1.29 is 0 Å². The van der Waals surface area contributed by atoms with Gasteiger partial charge in [0.1, 0.15) is 0 Å². The highest BCUT2D eigenvalue weighted by Gasteiger charge is 2.37. The monoisotopic (exact) mass is 275 g/mol. The minimum Gasteiger partial charge on any atom is -0.329 e. The minimum absolute atomic E-state index is 0.408. The van der Waals surface area contributed by atoms with Crippen LogP contribution in [0.25, 0.3) is 0 Å². The van der Waals surface area contributed by atoms with E-state index < -0.39 is 5.41 Å². The summed E-state index contributed by atoms with van der Waals surface area (Å²) >= 11 is 0. The van der Waals surface area contributed by atoms with Crippen LogP contribution in [0.1, 0.15) is 17.0 Å². The van der Waals surface area contributed by atoms with Gasteiger partial charge in [0.15, 0.2) is 0 Å².